The fourth-order valence-corrected chi connectivity index (χ4v) is 2.53. The minimum absolute atomic E-state index is 0.126. The highest BCUT2D eigenvalue weighted by Gasteiger charge is 2.21. The lowest BCUT2D eigenvalue weighted by atomic mass is 9.97. The Bertz CT molecular complexity index is 639. The van der Waals surface area contributed by atoms with Crippen LogP contribution in [-0.2, 0) is 11.2 Å². The minimum atomic E-state index is -0.351. The van der Waals surface area contributed by atoms with Gasteiger partial charge in [-0.3, -0.25) is 4.79 Å². The molecule has 1 atom stereocenters. The highest BCUT2D eigenvalue weighted by molar-refractivity contribution is 5.94. The molecule has 3 nitrogen and oxygen atoms in total. The van der Waals surface area contributed by atoms with E-state index in [0.29, 0.717) is 18.7 Å². The quantitative estimate of drug-likeness (QED) is 0.941. The Kier molecular flexibility index (Phi) is 3.97. The van der Waals surface area contributed by atoms with Crippen LogP contribution in [0.4, 0.5) is 4.39 Å². The molecular weight excluding hydrogens is 269 g/mol. The van der Waals surface area contributed by atoms with Gasteiger partial charge in [0.1, 0.15) is 11.9 Å². The molecule has 4 heteroatoms. The van der Waals surface area contributed by atoms with E-state index >= 15 is 0 Å². The minimum Gasteiger partial charge on any atom is -0.371 e. The van der Waals surface area contributed by atoms with Crippen molar-refractivity contribution >= 4 is 5.91 Å². The first-order chi connectivity index (χ1) is 10.2. The monoisotopic (exact) mass is 285 g/mol. The van der Waals surface area contributed by atoms with Crippen LogP contribution in [0, 0.1) is 5.82 Å². The molecule has 0 aliphatic carbocycles. The van der Waals surface area contributed by atoms with Crippen molar-refractivity contribution in [3.8, 4) is 0 Å². The molecule has 1 heterocycles. The number of carbonyl (C=O) groups is 1. The zero-order chi connectivity index (χ0) is 14.7. The average Bonchev–Trinajstić information content (AvgIpc) is 2.53. The van der Waals surface area contributed by atoms with Crippen molar-refractivity contribution in [2.45, 2.75) is 12.5 Å². The average molecular weight is 285 g/mol. The molecule has 0 fully saturated rings. The summed E-state index contributed by atoms with van der Waals surface area (Å²) in [5.74, 6) is -0.572. The number of rotatable bonds is 3. The topological polar surface area (TPSA) is 38.3 Å². The third kappa shape index (κ3) is 3.11. The molecule has 21 heavy (non-hydrogen) atoms. The fourth-order valence-electron chi connectivity index (χ4n) is 2.53. The number of carbonyl (C=O) groups excluding carboxylic acids is 1. The van der Waals surface area contributed by atoms with Gasteiger partial charge in [-0.2, -0.15) is 0 Å². The number of halogens is 1. The molecule has 108 valence electrons. The standard InChI is InChI=1S/C17H16FNO2/c18-14-7-5-13(6-8-14)17(20)19-11-16-15-4-2-1-3-12(15)9-10-21-16/h1-8,16H,9-11H2,(H,19,20)/t16-/m0/s1. The maximum atomic E-state index is 12.8. The normalized spacial score (nSPS) is 17.1. The number of ether oxygens (including phenoxy) is 1. The van der Waals surface area contributed by atoms with E-state index in [0.717, 1.165) is 12.0 Å². The van der Waals surface area contributed by atoms with E-state index in [1.165, 1.54) is 29.8 Å². The predicted octanol–water partition coefficient (Wildman–Crippen LogP) is 2.87. The van der Waals surface area contributed by atoms with Crippen LogP contribution in [-0.4, -0.2) is 19.1 Å². The molecule has 1 aliphatic rings. The van der Waals surface area contributed by atoms with Crippen molar-refractivity contribution in [1.29, 1.82) is 0 Å². The van der Waals surface area contributed by atoms with Gasteiger partial charge in [0, 0.05) is 12.1 Å². The molecule has 0 spiro atoms. The first kappa shape index (κ1) is 13.8. The van der Waals surface area contributed by atoms with E-state index in [1.54, 1.807) is 0 Å². The van der Waals surface area contributed by atoms with Crippen molar-refractivity contribution in [3.63, 3.8) is 0 Å². The van der Waals surface area contributed by atoms with Gasteiger partial charge in [-0.05, 0) is 41.8 Å². The van der Waals surface area contributed by atoms with Gasteiger partial charge in [-0.25, -0.2) is 4.39 Å². The Morgan fingerprint density at radius 1 is 1.19 bits per heavy atom. The molecule has 0 radical (unpaired) electrons. The third-order valence-corrected chi connectivity index (χ3v) is 3.65. The summed E-state index contributed by atoms with van der Waals surface area (Å²) in [4.78, 5) is 12.0. The van der Waals surface area contributed by atoms with Crippen molar-refractivity contribution in [2.24, 2.45) is 0 Å². The Labute approximate surface area is 122 Å². The van der Waals surface area contributed by atoms with Crippen molar-refractivity contribution in [1.82, 2.24) is 5.32 Å². The maximum absolute atomic E-state index is 12.8. The maximum Gasteiger partial charge on any atom is 0.251 e. The molecule has 0 bridgehead atoms. The second-order valence-electron chi connectivity index (χ2n) is 5.03. The summed E-state index contributed by atoms with van der Waals surface area (Å²) in [5, 5.41) is 2.84. The van der Waals surface area contributed by atoms with Gasteiger partial charge >= 0.3 is 0 Å². The number of hydrogen-bond acceptors (Lipinski definition) is 2. The van der Waals surface area contributed by atoms with Crippen molar-refractivity contribution < 1.29 is 13.9 Å². The first-order valence-electron chi connectivity index (χ1n) is 6.97. The predicted molar refractivity (Wildman–Crippen MR) is 77.6 cm³/mol. The summed E-state index contributed by atoms with van der Waals surface area (Å²) in [6, 6.07) is 13.6. The SMILES string of the molecule is O=C(NC[C@@H]1OCCc2ccccc21)c1ccc(F)cc1. The van der Waals surface area contributed by atoms with Gasteiger partial charge in [0.15, 0.2) is 0 Å². The van der Waals surface area contributed by atoms with E-state index < -0.39 is 0 Å². The second kappa shape index (κ2) is 6.06. The molecule has 0 aromatic heterocycles. The highest BCUT2D eigenvalue weighted by Crippen LogP contribution is 2.26. The molecule has 1 N–H and O–H groups in total. The molecule has 3 rings (SSSR count). The van der Waals surface area contributed by atoms with Crippen LogP contribution in [0.1, 0.15) is 27.6 Å². The Morgan fingerprint density at radius 3 is 2.76 bits per heavy atom. The van der Waals surface area contributed by atoms with Gasteiger partial charge in [-0.1, -0.05) is 24.3 Å². The van der Waals surface area contributed by atoms with Gasteiger partial charge in [0.25, 0.3) is 5.91 Å². The molecule has 1 amide bonds. The number of fused-ring (bicyclic) bond motifs is 1. The van der Waals surface area contributed by atoms with E-state index in [-0.39, 0.29) is 17.8 Å². The van der Waals surface area contributed by atoms with Gasteiger partial charge in [0.2, 0.25) is 0 Å². The zero-order valence-corrected chi connectivity index (χ0v) is 11.5. The van der Waals surface area contributed by atoms with Gasteiger partial charge < -0.3 is 10.1 Å². The summed E-state index contributed by atoms with van der Waals surface area (Å²) < 4.78 is 18.6. The van der Waals surface area contributed by atoms with Crippen LogP contribution in [0.15, 0.2) is 48.5 Å². The summed E-state index contributed by atoms with van der Waals surface area (Å²) in [6.07, 6.45) is 0.776. The molecule has 0 saturated carbocycles. The van der Waals surface area contributed by atoms with Crippen LogP contribution in [0.5, 0.6) is 0 Å². The Balaban J connectivity index is 1.66. The zero-order valence-electron chi connectivity index (χ0n) is 11.5. The molecule has 1 aliphatic heterocycles. The molecule has 2 aromatic rings. The van der Waals surface area contributed by atoms with Crippen molar-refractivity contribution in [3.05, 3.63) is 71.0 Å². The van der Waals surface area contributed by atoms with Crippen LogP contribution in [0.25, 0.3) is 0 Å². The molecule has 0 saturated heterocycles. The van der Waals surface area contributed by atoms with E-state index in [2.05, 4.69) is 11.4 Å². The molecule has 0 unspecified atom stereocenters. The first-order valence-corrected chi connectivity index (χ1v) is 6.97. The lowest BCUT2D eigenvalue weighted by Crippen LogP contribution is -2.31. The number of benzene rings is 2. The van der Waals surface area contributed by atoms with Crippen LogP contribution in [0.2, 0.25) is 0 Å². The number of nitrogens with one attached hydrogen (secondary N) is 1. The summed E-state index contributed by atoms with van der Waals surface area (Å²) in [6.45, 7) is 1.07. The third-order valence-electron chi connectivity index (χ3n) is 3.65. The van der Waals surface area contributed by atoms with Crippen molar-refractivity contribution in [2.75, 3.05) is 13.2 Å². The second-order valence-corrected chi connectivity index (χ2v) is 5.03. The lowest BCUT2D eigenvalue weighted by Gasteiger charge is -2.26. The smallest absolute Gasteiger partial charge is 0.251 e. The van der Waals surface area contributed by atoms with E-state index in [9.17, 15) is 9.18 Å². The van der Waals surface area contributed by atoms with Crippen LogP contribution >= 0.6 is 0 Å². The highest BCUT2D eigenvalue weighted by atomic mass is 19.1. The molecule has 2 aromatic carbocycles. The van der Waals surface area contributed by atoms with E-state index in [4.69, 9.17) is 4.74 Å². The fraction of sp³-hybridized carbons (Fsp3) is 0.235. The van der Waals surface area contributed by atoms with Gasteiger partial charge in [-0.15, -0.1) is 0 Å². The van der Waals surface area contributed by atoms with Gasteiger partial charge in [0.05, 0.1) is 6.61 Å². The summed E-state index contributed by atoms with van der Waals surface area (Å²) >= 11 is 0. The summed E-state index contributed by atoms with van der Waals surface area (Å²) in [5.41, 5.74) is 2.84. The largest absolute Gasteiger partial charge is 0.371 e. The lowest BCUT2D eigenvalue weighted by molar-refractivity contribution is 0.0411. The Morgan fingerprint density at radius 2 is 1.95 bits per heavy atom. The van der Waals surface area contributed by atoms with Crippen LogP contribution < -0.4 is 5.32 Å². The molecular formula is C17H16FNO2. The number of hydrogen-bond donors (Lipinski definition) is 1. The summed E-state index contributed by atoms with van der Waals surface area (Å²) in [7, 11) is 0. The van der Waals surface area contributed by atoms with E-state index in [1.807, 2.05) is 18.2 Å². The Hall–Kier alpha value is -2.20. The van der Waals surface area contributed by atoms with Crippen LogP contribution in [0.3, 0.4) is 0 Å². The number of amides is 1.